The summed E-state index contributed by atoms with van der Waals surface area (Å²) in [4.78, 5) is 17.3. The third-order valence-electron chi connectivity index (χ3n) is 4.90. The lowest BCUT2D eigenvalue weighted by Crippen LogP contribution is -2.36. The molecule has 1 aliphatic rings. The minimum absolute atomic E-state index is 0.0755. The number of nitrogens with one attached hydrogen (secondary N) is 1. The van der Waals surface area contributed by atoms with Gasteiger partial charge in [0.15, 0.2) is 5.65 Å². The Morgan fingerprint density at radius 3 is 2.57 bits per heavy atom. The van der Waals surface area contributed by atoms with Gasteiger partial charge in [-0.1, -0.05) is 24.3 Å². The summed E-state index contributed by atoms with van der Waals surface area (Å²) in [6.07, 6.45) is 4.89. The predicted molar refractivity (Wildman–Crippen MR) is 107 cm³/mol. The molecule has 1 aliphatic carbocycles. The molecule has 4 aromatic rings. The lowest BCUT2D eigenvalue weighted by molar-refractivity contribution is 0.0931. The molecular formula is C20H15BrN6O. The normalized spacial score (nSPS) is 13.6. The highest BCUT2D eigenvalue weighted by molar-refractivity contribution is 9.10. The summed E-state index contributed by atoms with van der Waals surface area (Å²) in [5.74, 6) is -0.175. The van der Waals surface area contributed by atoms with Crippen molar-refractivity contribution < 1.29 is 4.79 Å². The van der Waals surface area contributed by atoms with Crippen LogP contribution in [0.15, 0.2) is 59.3 Å². The number of rotatable bonds is 3. The first-order chi connectivity index (χ1) is 13.7. The van der Waals surface area contributed by atoms with Crippen LogP contribution in [0, 0.1) is 0 Å². The molecule has 5 rings (SSSR count). The summed E-state index contributed by atoms with van der Waals surface area (Å²) < 4.78 is 2.22. The van der Waals surface area contributed by atoms with Gasteiger partial charge in [0, 0.05) is 18.4 Å². The third kappa shape index (κ3) is 2.86. The second-order valence-electron chi connectivity index (χ2n) is 6.68. The van der Waals surface area contributed by atoms with Crippen LogP contribution in [-0.4, -0.2) is 36.7 Å². The largest absolute Gasteiger partial charge is 0.347 e. The van der Waals surface area contributed by atoms with Crippen molar-refractivity contribution in [2.45, 2.75) is 18.9 Å². The molecule has 0 bridgehead atoms. The smallest absolute Gasteiger partial charge is 0.270 e. The van der Waals surface area contributed by atoms with Gasteiger partial charge in [-0.05, 0) is 58.1 Å². The molecule has 3 aromatic heterocycles. The Morgan fingerprint density at radius 2 is 1.86 bits per heavy atom. The standard InChI is InChI=1S/C20H15BrN6O/c21-17-18(15-6-3-8-23-25-15)26-27-16(7-9-22-19(17)27)20(28)24-14-10-12-4-1-2-5-13(12)11-14/h1-9,14H,10-11H2,(H,24,28). The molecule has 28 heavy (non-hydrogen) atoms. The zero-order valence-electron chi connectivity index (χ0n) is 14.7. The first-order valence-corrected chi connectivity index (χ1v) is 9.69. The van der Waals surface area contributed by atoms with Gasteiger partial charge >= 0.3 is 0 Å². The van der Waals surface area contributed by atoms with Gasteiger partial charge in [-0.3, -0.25) is 4.79 Å². The monoisotopic (exact) mass is 434 g/mol. The molecule has 0 atom stereocenters. The molecule has 1 aromatic carbocycles. The Bertz CT molecular complexity index is 1170. The van der Waals surface area contributed by atoms with Crippen LogP contribution in [0.2, 0.25) is 0 Å². The topological polar surface area (TPSA) is 85.1 Å². The summed E-state index contributed by atoms with van der Waals surface area (Å²) in [6.45, 7) is 0. The van der Waals surface area contributed by atoms with E-state index >= 15 is 0 Å². The number of carbonyl (C=O) groups is 1. The summed E-state index contributed by atoms with van der Waals surface area (Å²) >= 11 is 3.53. The van der Waals surface area contributed by atoms with Gasteiger partial charge in [0.25, 0.3) is 5.91 Å². The second-order valence-corrected chi connectivity index (χ2v) is 7.48. The zero-order valence-corrected chi connectivity index (χ0v) is 16.3. The fourth-order valence-corrected chi connectivity index (χ4v) is 4.15. The molecule has 8 heteroatoms. The molecule has 0 radical (unpaired) electrons. The fourth-order valence-electron chi connectivity index (χ4n) is 3.60. The predicted octanol–water partition coefficient (Wildman–Crippen LogP) is 2.85. The minimum Gasteiger partial charge on any atom is -0.347 e. The molecule has 1 N–H and O–H groups in total. The van der Waals surface area contributed by atoms with E-state index in [0.717, 1.165) is 12.8 Å². The van der Waals surface area contributed by atoms with Crippen LogP contribution >= 0.6 is 15.9 Å². The quantitative estimate of drug-likeness (QED) is 0.535. The van der Waals surface area contributed by atoms with Gasteiger partial charge in [0.1, 0.15) is 17.1 Å². The molecule has 0 unspecified atom stereocenters. The number of hydrogen-bond donors (Lipinski definition) is 1. The van der Waals surface area contributed by atoms with Crippen molar-refractivity contribution >= 4 is 27.5 Å². The Balaban J connectivity index is 1.47. The Hall–Kier alpha value is -3.13. The number of amides is 1. The fraction of sp³-hybridized carbons (Fsp3) is 0.150. The van der Waals surface area contributed by atoms with Crippen LogP contribution in [0.3, 0.4) is 0 Å². The molecule has 138 valence electrons. The van der Waals surface area contributed by atoms with Crippen molar-refractivity contribution in [3.05, 3.63) is 76.2 Å². The van der Waals surface area contributed by atoms with E-state index < -0.39 is 0 Å². The van der Waals surface area contributed by atoms with Crippen molar-refractivity contribution in [2.75, 3.05) is 0 Å². The molecular weight excluding hydrogens is 420 g/mol. The van der Waals surface area contributed by atoms with E-state index in [1.807, 2.05) is 18.2 Å². The van der Waals surface area contributed by atoms with Gasteiger partial charge in [-0.2, -0.15) is 10.2 Å². The summed E-state index contributed by atoms with van der Waals surface area (Å²) in [6, 6.07) is 13.6. The van der Waals surface area contributed by atoms with Crippen LogP contribution in [0.4, 0.5) is 0 Å². The van der Waals surface area contributed by atoms with E-state index in [1.54, 1.807) is 29.0 Å². The van der Waals surface area contributed by atoms with Crippen LogP contribution in [0.25, 0.3) is 17.0 Å². The van der Waals surface area contributed by atoms with Crippen LogP contribution < -0.4 is 5.32 Å². The SMILES string of the molecule is O=C(NC1Cc2ccccc2C1)c1ccnc2c(Br)c(-c3cccnn3)nn12. The molecule has 1 amide bonds. The number of carbonyl (C=O) groups excluding carboxylic acids is 1. The van der Waals surface area contributed by atoms with E-state index in [-0.39, 0.29) is 11.9 Å². The van der Waals surface area contributed by atoms with Crippen LogP contribution in [0.1, 0.15) is 21.6 Å². The maximum absolute atomic E-state index is 13.0. The van der Waals surface area contributed by atoms with Crippen molar-refractivity contribution in [3.8, 4) is 11.4 Å². The zero-order chi connectivity index (χ0) is 19.1. The van der Waals surface area contributed by atoms with Crippen LogP contribution in [-0.2, 0) is 12.8 Å². The average molecular weight is 435 g/mol. The number of aromatic nitrogens is 5. The lowest BCUT2D eigenvalue weighted by atomic mass is 10.1. The van der Waals surface area contributed by atoms with Gasteiger partial charge in [0.05, 0.1) is 4.47 Å². The summed E-state index contributed by atoms with van der Waals surface area (Å²) in [7, 11) is 0. The van der Waals surface area contributed by atoms with Gasteiger partial charge in [0.2, 0.25) is 0 Å². The Morgan fingerprint density at radius 1 is 1.07 bits per heavy atom. The minimum atomic E-state index is -0.175. The molecule has 0 saturated carbocycles. The summed E-state index contributed by atoms with van der Waals surface area (Å²) in [5, 5.41) is 15.7. The molecule has 0 spiro atoms. The average Bonchev–Trinajstić information content (AvgIpc) is 3.29. The van der Waals surface area contributed by atoms with E-state index in [2.05, 4.69) is 53.7 Å². The first-order valence-electron chi connectivity index (χ1n) is 8.89. The first kappa shape index (κ1) is 17.0. The lowest BCUT2D eigenvalue weighted by Gasteiger charge is -2.12. The van der Waals surface area contributed by atoms with Crippen molar-refractivity contribution in [1.82, 2.24) is 30.1 Å². The highest BCUT2D eigenvalue weighted by Gasteiger charge is 2.25. The number of benzene rings is 1. The molecule has 0 saturated heterocycles. The summed E-state index contributed by atoms with van der Waals surface area (Å²) in [5.41, 5.74) is 4.77. The van der Waals surface area contributed by atoms with Gasteiger partial charge in [-0.15, -0.1) is 5.10 Å². The molecule has 0 fully saturated rings. The Kier molecular flexibility index (Phi) is 4.12. The maximum Gasteiger partial charge on any atom is 0.270 e. The van der Waals surface area contributed by atoms with E-state index in [0.29, 0.717) is 27.2 Å². The second kappa shape index (κ2) is 6.79. The number of hydrogen-bond acceptors (Lipinski definition) is 5. The maximum atomic E-state index is 13.0. The van der Waals surface area contributed by atoms with Crippen molar-refractivity contribution in [3.63, 3.8) is 0 Å². The molecule has 0 aliphatic heterocycles. The number of nitrogens with zero attached hydrogens (tertiary/aromatic N) is 5. The van der Waals surface area contributed by atoms with Crippen molar-refractivity contribution in [2.24, 2.45) is 0 Å². The molecule has 7 nitrogen and oxygen atoms in total. The van der Waals surface area contributed by atoms with Gasteiger partial charge in [-0.25, -0.2) is 9.50 Å². The number of halogens is 1. The van der Waals surface area contributed by atoms with Crippen molar-refractivity contribution in [1.29, 1.82) is 0 Å². The number of fused-ring (bicyclic) bond motifs is 2. The highest BCUT2D eigenvalue weighted by atomic mass is 79.9. The van der Waals surface area contributed by atoms with Crippen LogP contribution in [0.5, 0.6) is 0 Å². The van der Waals surface area contributed by atoms with E-state index in [4.69, 9.17) is 0 Å². The van der Waals surface area contributed by atoms with E-state index in [9.17, 15) is 4.79 Å². The van der Waals surface area contributed by atoms with E-state index in [1.165, 1.54) is 11.1 Å². The Labute approximate surface area is 169 Å². The van der Waals surface area contributed by atoms with Gasteiger partial charge < -0.3 is 5.32 Å². The highest BCUT2D eigenvalue weighted by Crippen LogP contribution is 2.29. The molecule has 3 heterocycles. The third-order valence-corrected chi connectivity index (χ3v) is 5.63.